The van der Waals surface area contributed by atoms with Gasteiger partial charge in [0.2, 0.25) is 11.8 Å². The third-order valence-corrected chi connectivity index (χ3v) is 4.03. The van der Waals surface area contributed by atoms with E-state index in [1.54, 1.807) is 36.4 Å². The van der Waals surface area contributed by atoms with Crippen LogP contribution in [0.15, 0.2) is 36.4 Å². The number of anilines is 2. The van der Waals surface area contributed by atoms with Gasteiger partial charge in [0.05, 0.1) is 14.2 Å². The summed E-state index contributed by atoms with van der Waals surface area (Å²) >= 11 is 5.96. The number of amides is 2. The van der Waals surface area contributed by atoms with Gasteiger partial charge in [0.1, 0.15) is 6.54 Å². The number of halogens is 1. The van der Waals surface area contributed by atoms with Crippen LogP contribution in [0.25, 0.3) is 0 Å². The van der Waals surface area contributed by atoms with Gasteiger partial charge in [0.15, 0.2) is 11.5 Å². The molecule has 2 aromatic rings. The zero-order chi connectivity index (χ0) is 19.3. The zero-order valence-corrected chi connectivity index (χ0v) is 15.9. The summed E-state index contributed by atoms with van der Waals surface area (Å²) in [6, 6.07) is 10.2. The van der Waals surface area contributed by atoms with Crippen LogP contribution in [0.3, 0.4) is 0 Å². The average Bonchev–Trinajstić information content (AvgIpc) is 2.60. The van der Waals surface area contributed by atoms with Crippen molar-refractivity contribution in [2.24, 2.45) is 0 Å². The Hall–Kier alpha value is -2.73. The van der Waals surface area contributed by atoms with Gasteiger partial charge < -0.3 is 19.7 Å². The number of rotatable bonds is 6. The Morgan fingerprint density at radius 3 is 2.35 bits per heavy atom. The topological polar surface area (TPSA) is 67.9 Å². The Bertz CT molecular complexity index is 823. The number of nitrogens with zero attached hydrogens (tertiary/aromatic N) is 1. The van der Waals surface area contributed by atoms with Gasteiger partial charge in [-0.2, -0.15) is 0 Å². The summed E-state index contributed by atoms with van der Waals surface area (Å²) in [6.45, 7) is 3.13. The molecule has 2 rings (SSSR count). The maximum Gasteiger partial charge on any atom is 0.244 e. The zero-order valence-electron chi connectivity index (χ0n) is 15.1. The average molecular weight is 377 g/mol. The van der Waals surface area contributed by atoms with Gasteiger partial charge in [-0.15, -0.1) is 0 Å². The van der Waals surface area contributed by atoms with Crippen molar-refractivity contribution >= 4 is 34.8 Å². The molecule has 0 heterocycles. The molecule has 1 N–H and O–H groups in total. The van der Waals surface area contributed by atoms with E-state index < -0.39 is 0 Å². The van der Waals surface area contributed by atoms with Gasteiger partial charge in [0.25, 0.3) is 0 Å². The molecule has 26 heavy (non-hydrogen) atoms. The normalized spacial score (nSPS) is 10.2. The number of nitrogens with one attached hydrogen (secondary N) is 1. The summed E-state index contributed by atoms with van der Waals surface area (Å²) in [7, 11) is 3.06. The predicted molar refractivity (Wildman–Crippen MR) is 102 cm³/mol. The lowest BCUT2D eigenvalue weighted by Gasteiger charge is -2.23. The summed E-state index contributed by atoms with van der Waals surface area (Å²) in [5.41, 5.74) is 2.00. The number of hydrogen-bond donors (Lipinski definition) is 1. The molecule has 0 unspecified atom stereocenters. The van der Waals surface area contributed by atoms with Crippen molar-refractivity contribution in [3.05, 3.63) is 47.0 Å². The van der Waals surface area contributed by atoms with E-state index in [9.17, 15) is 9.59 Å². The molecule has 0 bridgehead atoms. The van der Waals surface area contributed by atoms with Crippen molar-refractivity contribution < 1.29 is 19.1 Å². The molecule has 0 fully saturated rings. The summed E-state index contributed by atoms with van der Waals surface area (Å²) in [5, 5.41) is 3.33. The van der Waals surface area contributed by atoms with Crippen molar-refractivity contribution in [2.75, 3.05) is 31.0 Å². The van der Waals surface area contributed by atoms with Gasteiger partial charge in [-0.05, 0) is 42.8 Å². The van der Waals surface area contributed by atoms with Gasteiger partial charge in [0, 0.05) is 29.4 Å². The highest BCUT2D eigenvalue weighted by Gasteiger charge is 2.18. The van der Waals surface area contributed by atoms with Crippen LogP contribution in [0.5, 0.6) is 11.5 Å². The molecule has 6 nitrogen and oxygen atoms in total. The molecule has 0 saturated heterocycles. The second-order valence-corrected chi connectivity index (χ2v) is 6.09. The van der Waals surface area contributed by atoms with Crippen molar-refractivity contribution in [1.82, 2.24) is 0 Å². The predicted octanol–water partition coefficient (Wildman–Crippen LogP) is 3.66. The Morgan fingerprint density at radius 2 is 1.77 bits per heavy atom. The van der Waals surface area contributed by atoms with E-state index in [0.29, 0.717) is 27.9 Å². The highest BCUT2D eigenvalue weighted by Crippen LogP contribution is 2.30. The lowest BCUT2D eigenvalue weighted by atomic mass is 10.1. The fourth-order valence-corrected chi connectivity index (χ4v) is 2.77. The highest BCUT2D eigenvalue weighted by atomic mass is 35.5. The van der Waals surface area contributed by atoms with Crippen LogP contribution in [-0.2, 0) is 9.59 Å². The minimum atomic E-state index is -0.332. The third-order valence-electron chi connectivity index (χ3n) is 3.80. The minimum Gasteiger partial charge on any atom is -0.493 e. The second kappa shape index (κ2) is 8.58. The van der Waals surface area contributed by atoms with Crippen molar-refractivity contribution in [3.8, 4) is 11.5 Å². The van der Waals surface area contributed by atoms with E-state index in [2.05, 4.69) is 5.32 Å². The van der Waals surface area contributed by atoms with Gasteiger partial charge >= 0.3 is 0 Å². The van der Waals surface area contributed by atoms with Gasteiger partial charge in [-0.25, -0.2) is 0 Å². The first-order valence-corrected chi connectivity index (χ1v) is 8.29. The first-order valence-electron chi connectivity index (χ1n) is 7.92. The molecule has 2 aromatic carbocycles. The molecule has 0 aromatic heterocycles. The summed E-state index contributed by atoms with van der Waals surface area (Å²) in [6.07, 6.45) is 0. The van der Waals surface area contributed by atoms with Crippen molar-refractivity contribution in [2.45, 2.75) is 13.8 Å². The molecular weight excluding hydrogens is 356 g/mol. The number of ether oxygens (including phenoxy) is 2. The van der Waals surface area contributed by atoms with E-state index >= 15 is 0 Å². The van der Waals surface area contributed by atoms with E-state index in [-0.39, 0.29) is 18.4 Å². The number of hydrogen-bond acceptors (Lipinski definition) is 4. The number of benzene rings is 2. The molecule has 0 aliphatic rings. The number of carbonyl (C=O) groups is 2. The molecule has 7 heteroatoms. The summed E-state index contributed by atoms with van der Waals surface area (Å²) in [5.74, 6) is 0.495. The largest absolute Gasteiger partial charge is 0.493 e. The number of methoxy groups -OCH3 is 2. The Kier molecular flexibility index (Phi) is 6.46. The minimum absolute atomic E-state index is 0.119. The molecule has 0 saturated carbocycles. The molecule has 0 aliphatic heterocycles. The van der Waals surface area contributed by atoms with Crippen LogP contribution in [0.2, 0.25) is 5.02 Å². The van der Waals surface area contributed by atoms with Crippen LogP contribution in [-0.4, -0.2) is 32.6 Å². The monoisotopic (exact) mass is 376 g/mol. The summed E-state index contributed by atoms with van der Waals surface area (Å²) in [4.78, 5) is 25.9. The van der Waals surface area contributed by atoms with E-state index in [4.69, 9.17) is 21.1 Å². The molecule has 0 radical (unpaired) electrons. The van der Waals surface area contributed by atoms with Crippen LogP contribution < -0.4 is 19.7 Å². The summed E-state index contributed by atoms with van der Waals surface area (Å²) < 4.78 is 10.4. The molecule has 0 atom stereocenters. The fourth-order valence-electron chi connectivity index (χ4n) is 2.55. The highest BCUT2D eigenvalue weighted by molar-refractivity contribution is 6.30. The number of carbonyl (C=O) groups excluding carboxylic acids is 2. The smallest absolute Gasteiger partial charge is 0.244 e. The fraction of sp³-hybridized carbons (Fsp3) is 0.263. The molecular formula is C19H21ClN2O4. The quantitative estimate of drug-likeness (QED) is 0.835. The third kappa shape index (κ3) is 4.67. The van der Waals surface area contributed by atoms with E-state index in [1.807, 2.05) is 6.92 Å². The first-order chi connectivity index (χ1) is 12.3. The Morgan fingerprint density at radius 1 is 1.08 bits per heavy atom. The second-order valence-electron chi connectivity index (χ2n) is 5.65. The van der Waals surface area contributed by atoms with E-state index in [1.165, 1.54) is 26.0 Å². The molecule has 138 valence electrons. The van der Waals surface area contributed by atoms with Gasteiger partial charge in [-0.1, -0.05) is 11.6 Å². The van der Waals surface area contributed by atoms with Crippen molar-refractivity contribution in [1.29, 1.82) is 0 Å². The van der Waals surface area contributed by atoms with E-state index in [0.717, 1.165) is 5.56 Å². The molecule has 0 spiro atoms. The van der Waals surface area contributed by atoms with Crippen LogP contribution >= 0.6 is 11.6 Å². The lowest BCUT2D eigenvalue weighted by molar-refractivity contribution is -0.120. The van der Waals surface area contributed by atoms with Gasteiger partial charge in [-0.3, -0.25) is 9.59 Å². The maximum absolute atomic E-state index is 12.4. The molecule has 0 aliphatic carbocycles. The maximum atomic E-state index is 12.4. The van der Waals surface area contributed by atoms with Crippen LogP contribution in [0.1, 0.15) is 12.5 Å². The molecule has 2 amide bonds. The van der Waals surface area contributed by atoms with Crippen LogP contribution in [0.4, 0.5) is 11.4 Å². The van der Waals surface area contributed by atoms with Crippen LogP contribution in [0, 0.1) is 6.92 Å². The Labute approximate surface area is 157 Å². The van der Waals surface area contributed by atoms with Crippen molar-refractivity contribution in [3.63, 3.8) is 0 Å². The number of aryl methyl sites for hydroxylation is 1. The Balaban J connectivity index is 2.17. The first kappa shape index (κ1) is 19.6. The lowest BCUT2D eigenvalue weighted by Crippen LogP contribution is -2.37. The SMILES string of the molecule is COc1ccc(NC(=O)CN(C(C)=O)c2ccc(Cl)cc2C)cc1OC. The standard InChI is InChI=1S/C19H21ClN2O4/c1-12-9-14(20)5-7-16(12)22(13(2)23)11-19(24)21-15-6-8-17(25-3)18(10-15)26-4/h5-10H,11H2,1-4H3,(H,21,24).